The molecule has 0 aliphatic carbocycles. The third-order valence-electron chi connectivity index (χ3n) is 0.894. The van der Waals surface area contributed by atoms with Crippen molar-refractivity contribution < 1.29 is 9.47 Å². The summed E-state index contributed by atoms with van der Waals surface area (Å²) in [5.74, 6) is 0. The molecule has 3 heteroatoms. The molecule has 0 amide bonds. The molecule has 0 aromatic carbocycles. The maximum atomic E-state index is 4.93. The van der Waals surface area contributed by atoms with E-state index >= 15 is 0 Å². The van der Waals surface area contributed by atoms with E-state index in [1.807, 2.05) is 14.0 Å². The van der Waals surface area contributed by atoms with Crippen molar-refractivity contribution in [1.82, 2.24) is 5.32 Å². The van der Waals surface area contributed by atoms with Crippen molar-refractivity contribution >= 4 is 0 Å². The van der Waals surface area contributed by atoms with Crippen molar-refractivity contribution in [2.24, 2.45) is 0 Å². The Morgan fingerprint density at radius 3 is 1.06 bits per heavy atom. The Balaban J connectivity index is -0.00000000679. The molecule has 1 N–H and O–H groups in total. The number of rotatable bonds is 3. The quantitative estimate of drug-likeness (QED) is 0.729. The van der Waals surface area contributed by atoms with Gasteiger partial charge in [-0.1, -0.05) is 59.4 Å². The Bertz CT molecular complexity index is 53.8. The van der Waals surface area contributed by atoms with Crippen molar-refractivity contribution in [3.05, 3.63) is 0 Å². The zero-order valence-corrected chi connectivity index (χ0v) is 7.60. The Labute approximate surface area is 123 Å². The molecule has 0 aromatic heterocycles. The lowest BCUT2D eigenvalue weighted by atomic mass is 10.4. The van der Waals surface area contributed by atoms with Crippen LogP contribution in [0.3, 0.4) is 0 Å². The lowest BCUT2D eigenvalue weighted by Crippen LogP contribution is -2.21. The highest BCUT2D eigenvalue weighted by Gasteiger charge is 1.92. The van der Waals surface area contributed by atoms with Crippen molar-refractivity contribution in [2.45, 2.75) is 72.4 Å². The topological polar surface area (TPSA) is 30.5 Å². The Hall–Kier alpha value is -0.120. The molecule has 0 spiro atoms. The Morgan fingerprint density at radius 2 is 1.00 bits per heavy atom. The van der Waals surface area contributed by atoms with E-state index in [2.05, 4.69) is 10.1 Å². The van der Waals surface area contributed by atoms with E-state index in [1.165, 1.54) is 0 Å². The molecule has 0 aromatic rings. The van der Waals surface area contributed by atoms with Gasteiger partial charge in [-0.15, -0.1) is 0 Å². The highest BCUT2D eigenvalue weighted by molar-refractivity contribution is 4.48. The van der Waals surface area contributed by atoms with Crippen LogP contribution in [0.2, 0.25) is 0 Å². The summed E-state index contributed by atoms with van der Waals surface area (Å²) < 4.78 is 9.18. The van der Waals surface area contributed by atoms with Gasteiger partial charge in [0.05, 0.1) is 6.10 Å². The molecule has 0 aliphatic rings. The normalized spacial score (nSPS) is 6.50. The van der Waals surface area contributed by atoms with E-state index in [0.29, 0.717) is 6.10 Å². The van der Waals surface area contributed by atoms with Crippen LogP contribution < -0.4 is 5.32 Å². The molecule has 0 radical (unpaired) electrons. The molecule has 0 heterocycles. The van der Waals surface area contributed by atoms with Gasteiger partial charge in [0.15, 0.2) is 0 Å². The number of hydrogen-bond donors (Lipinski definition) is 1. The molecule has 0 aliphatic heterocycles. The molecule has 1 atom stereocenters. The molecule has 0 saturated heterocycles. The summed E-state index contributed by atoms with van der Waals surface area (Å²) in [6.45, 7) is 2.95. The summed E-state index contributed by atoms with van der Waals surface area (Å²) in [5.41, 5.74) is 0. The van der Waals surface area contributed by atoms with Crippen LogP contribution in [0.15, 0.2) is 0 Å². The largest absolute Gasteiger partial charge is 0.388 e. The number of likely N-dealkylation sites (N-methyl/N-ethyl adjacent to an activating group) is 1. The molecular weight excluding hydrogens is 226 g/mol. The molecule has 3 nitrogen and oxygen atoms in total. The number of ether oxygens (including phenoxy) is 2. The first-order valence-electron chi connectivity index (χ1n) is 3.30. The summed E-state index contributed by atoms with van der Waals surface area (Å²) in [7, 11) is 6.87. The molecule has 18 heavy (non-hydrogen) atoms. The smallest absolute Gasteiger partial charge is 0.0667 e. The fourth-order valence-electron chi connectivity index (χ4n) is 0.371. The van der Waals surface area contributed by atoms with E-state index in [4.69, 9.17) is 4.74 Å². The summed E-state index contributed by atoms with van der Waals surface area (Å²) in [6.07, 6.45) is 0.338. The minimum Gasteiger partial charge on any atom is -0.388 e. The van der Waals surface area contributed by atoms with Crippen LogP contribution in [-0.4, -0.2) is 41.0 Å². The van der Waals surface area contributed by atoms with Gasteiger partial charge in [-0.3, -0.25) is 0 Å². The lowest BCUT2D eigenvalue weighted by Gasteiger charge is -2.05. The average Bonchev–Trinajstić information content (AvgIpc) is 1.90. The monoisotopic (exact) mass is 277 g/mol. The molecule has 0 rings (SSSR count). The van der Waals surface area contributed by atoms with Gasteiger partial charge in [0.2, 0.25) is 0 Å². The zero-order valence-electron chi connectivity index (χ0n) is 7.60. The summed E-state index contributed by atoms with van der Waals surface area (Å²) in [4.78, 5) is 0. The first-order valence-corrected chi connectivity index (χ1v) is 3.30. The van der Waals surface area contributed by atoms with E-state index < -0.39 is 0 Å². The predicted octanol–water partition coefficient (Wildman–Crippen LogP) is 5.59. The van der Waals surface area contributed by atoms with Gasteiger partial charge in [-0.05, 0) is 14.0 Å². The maximum absolute atomic E-state index is 4.93. The number of hydrogen-bond acceptors (Lipinski definition) is 3. The maximum Gasteiger partial charge on any atom is 0.0667 e. The standard InChI is InChI=1S/C5H13NO.C2H6O.8CH4/c1-5(7-3)4-6-2;1-3-2;;;;;;;;/h5-6H,4H2,1-3H3;1-2H3;8*1H4. The molecule has 1 unspecified atom stereocenters. The van der Waals surface area contributed by atoms with E-state index in [1.54, 1.807) is 21.3 Å². The van der Waals surface area contributed by atoms with Crippen molar-refractivity contribution in [1.29, 1.82) is 0 Å². The molecular formula is C15H51NO2. The highest BCUT2D eigenvalue weighted by atomic mass is 16.5. The SMILES string of the molecule is C.C.C.C.C.C.C.C.CNCC(C)OC.COC. The Morgan fingerprint density at radius 1 is 0.778 bits per heavy atom. The van der Waals surface area contributed by atoms with Crippen LogP contribution in [-0.2, 0) is 9.47 Å². The van der Waals surface area contributed by atoms with Crippen LogP contribution in [0.5, 0.6) is 0 Å². The Kier molecular flexibility index (Phi) is 410. The third kappa shape index (κ3) is 148. The van der Waals surface area contributed by atoms with E-state index in [-0.39, 0.29) is 59.4 Å². The number of nitrogens with one attached hydrogen (secondary N) is 1. The van der Waals surface area contributed by atoms with Gasteiger partial charge >= 0.3 is 0 Å². The van der Waals surface area contributed by atoms with Crippen LogP contribution in [0, 0.1) is 0 Å². The van der Waals surface area contributed by atoms with Crippen LogP contribution in [0.25, 0.3) is 0 Å². The van der Waals surface area contributed by atoms with Crippen molar-refractivity contribution in [3.8, 4) is 0 Å². The second kappa shape index (κ2) is 89.9. The first-order chi connectivity index (χ1) is 4.72. The second-order valence-corrected chi connectivity index (χ2v) is 2.01. The van der Waals surface area contributed by atoms with Crippen molar-refractivity contribution in [3.63, 3.8) is 0 Å². The van der Waals surface area contributed by atoms with E-state index in [9.17, 15) is 0 Å². The second-order valence-electron chi connectivity index (χ2n) is 2.01. The van der Waals surface area contributed by atoms with Gasteiger partial charge in [0.25, 0.3) is 0 Å². The predicted molar refractivity (Wildman–Crippen MR) is 97.2 cm³/mol. The van der Waals surface area contributed by atoms with Crippen molar-refractivity contribution in [2.75, 3.05) is 34.9 Å². The third-order valence-corrected chi connectivity index (χ3v) is 0.894. The van der Waals surface area contributed by atoms with Gasteiger partial charge in [-0.2, -0.15) is 0 Å². The number of methoxy groups -OCH3 is 2. The highest BCUT2D eigenvalue weighted by Crippen LogP contribution is 1.80. The lowest BCUT2D eigenvalue weighted by molar-refractivity contribution is 0.119. The summed E-state index contributed by atoms with van der Waals surface area (Å²) in [6, 6.07) is 0. The molecule has 0 fully saturated rings. The molecule has 0 bridgehead atoms. The molecule has 0 saturated carbocycles. The van der Waals surface area contributed by atoms with E-state index in [0.717, 1.165) is 6.54 Å². The fourth-order valence-corrected chi connectivity index (χ4v) is 0.371. The summed E-state index contributed by atoms with van der Waals surface area (Å²) in [5, 5.41) is 2.99. The van der Waals surface area contributed by atoms with Gasteiger partial charge in [-0.25, -0.2) is 0 Å². The average molecular weight is 278 g/mol. The fraction of sp³-hybridized carbons (Fsp3) is 1.00. The minimum absolute atomic E-state index is 0. The minimum atomic E-state index is 0. The zero-order chi connectivity index (χ0) is 8.41. The summed E-state index contributed by atoms with van der Waals surface area (Å²) >= 11 is 0. The van der Waals surface area contributed by atoms with Crippen LogP contribution in [0.4, 0.5) is 0 Å². The first kappa shape index (κ1) is 82.0. The van der Waals surface area contributed by atoms with Gasteiger partial charge in [0.1, 0.15) is 0 Å². The van der Waals surface area contributed by atoms with Gasteiger partial charge < -0.3 is 14.8 Å². The van der Waals surface area contributed by atoms with Crippen LogP contribution >= 0.6 is 0 Å². The van der Waals surface area contributed by atoms with Crippen LogP contribution in [0.1, 0.15) is 66.3 Å². The molecule has 128 valence electrons. The van der Waals surface area contributed by atoms with Gasteiger partial charge in [0, 0.05) is 27.9 Å².